The summed E-state index contributed by atoms with van der Waals surface area (Å²) in [5.74, 6) is 0.757. The standard InChI is InChI=1S/C30H35N3O4/c1-19-7-5-8-23(28(19)37-17-21-13-20(2)24-16-31-15-22(24)14-21)25-9-6-10-27(32-25)33-12-11-30(3,29(34)35)26(33)18-36-4/h5-10,13-14,26,31H,11-12,15-18H2,1-4H3,(H,34,35)/t26-,30-/m1/s1. The lowest BCUT2D eigenvalue weighted by molar-refractivity contribution is -0.148. The van der Waals surface area contributed by atoms with Crippen LogP contribution in [0.5, 0.6) is 5.75 Å². The number of aryl methyl sites for hydroxylation is 2. The van der Waals surface area contributed by atoms with Crippen molar-refractivity contribution in [1.29, 1.82) is 0 Å². The first-order valence-electron chi connectivity index (χ1n) is 12.8. The van der Waals surface area contributed by atoms with Gasteiger partial charge in [0.2, 0.25) is 0 Å². The van der Waals surface area contributed by atoms with Crippen LogP contribution in [-0.2, 0) is 29.2 Å². The number of carbonyl (C=O) groups is 1. The second-order valence-corrected chi connectivity index (χ2v) is 10.4. The molecule has 2 atom stereocenters. The molecule has 1 saturated heterocycles. The summed E-state index contributed by atoms with van der Waals surface area (Å²) in [4.78, 5) is 19.2. The molecule has 0 aliphatic carbocycles. The van der Waals surface area contributed by atoms with Crippen LogP contribution in [0.3, 0.4) is 0 Å². The van der Waals surface area contributed by atoms with Crippen LogP contribution in [0.4, 0.5) is 5.82 Å². The number of methoxy groups -OCH3 is 1. The highest BCUT2D eigenvalue weighted by atomic mass is 16.5. The maximum absolute atomic E-state index is 12.1. The minimum absolute atomic E-state index is 0.302. The van der Waals surface area contributed by atoms with Gasteiger partial charge < -0.3 is 24.8 Å². The van der Waals surface area contributed by atoms with Gasteiger partial charge in [-0.3, -0.25) is 4.79 Å². The third-order valence-corrected chi connectivity index (χ3v) is 7.94. The first-order chi connectivity index (χ1) is 17.8. The van der Waals surface area contributed by atoms with Crippen molar-refractivity contribution in [1.82, 2.24) is 10.3 Å². The summed E-state index contributed by atoms with van der Waals surface area (Å²) in [6, 6.07) is 16.1. The number of carboxylic acids is 1. The third kappa shape index (κ3) is 4.69. The molecule has 2 aliphatic heterocycles. The fourth-order valence-electron chi connectivity index (χ4n) is 5.70. The van der Waals surface area contributed by atoms with Crippen molar-refractivity contribution in [2.45, 2.75) is 52.9 Å². The molecule has 0 spiro atoms. The average Bonchev–Trinajstić information content (AvgIpc) is 3.49. The Morgan fingerprint density at radius 3 is 2.76 bits per heavy atom. The first kappa shape index (κ1) is 25.2. The van der Waals surface area contributed by atoms with E-state index in [2.05, 4.69) is 29.3 Å². The van der Waals surface area contributed by atoms with E-state index in [4.69, 9.17) is 14.5 Å². The van der Waals surface area contributed by atoms with E-state index in [9.17, 15) is 9.90 Å². The molecule has 3 aromatic rings. The number of fused-ring (bicyclic) bond motifs is 1. The number of nitrogens with one attached hydrogen (secondary N) is 1. The van der Waals surface area contributed by atoms with E-state index < -0.39 is 11.4 Å². The highest BCUT2D eigenvalue weighted by molar-refractivity contribution is 5.77. The van der Waals surface area contributed by atoms with Gasteiger partial charge in [0, 0.05) is 32.3 Å². The van der Waals surface area contributed by atoms with E-state index in [0.29, 0.717) is 26.2 Å². The Morgan fingerprint density at radius 1 is 1.16 bits per heavy atom. The Hall–Kier alpha value is -3.42. The van der Waals surface area contributed by atoms with Crippen LogP contribution in [0.15, 0.2) is 48.5 Å². The van der Waals surface area contributed by atoms with Crippen molar-refractivity contribution in [3.8, 4) is 17.0 Å². The quantitative estimate of drug-likeness (QED) is 0.456. The van der Waals surface area contributed by atoms with Crippen molar-refractivity contribution in [2.75, 3.05) is 25.2 Å². The zero-order valence-electron chi connectivity index (χ0n) is 22.0. The molecule has 0 bridgehead atoms. The molecule has 37 heavy (non-hydrogen) atoms. The normalized spacial score (nSPS) is 20.8. The fourth-order valence-corrected chi connectivity index (χ4v) is 5.70. The fraction of sp³-hybridized carbons (Fsp3) is 0.400. The van der Waals surface area contributed by atoms with E-state index in [0.717, 1.165) is 47.0 Å². The summed E-state index contributed by atoms with van der Waals surface area (Å²) in [5, 5.41) is 13.4. The van der Waals surface area contributed by atoms with E-state index in [1.807, 2.05) is 43.3 Å². The van der Waals surface area contributed by atoms with Crippen molar-refractivity contribution in [3.05, 3.63) is 76.3 Å². The molecule has 7 nitrogen and oxygen atoms in total. The summed E-state index contributed by atoms with van der Waals surface area (Å²) >= 11 is 0. The monoisotopic (exact) mass is 501 g/mol. The predicted octanol–water partition coefficient (Wildman–Crippen LogP) is 4.86. The van der Waals surface area contributed by atoms with Crippen molar-refractivity contribution in [3.63, 3.8) is 0 Å². The molecule has 0 amide bonds. The van der Waals surface area contributed by atoms with Gasteiger partial charge in [0.1, 0.15) is 18.2 Å². The minimum atomic E-state index is -0.894. The van der Waals surface area contributed by atoms with Crippen LogP contribution in [-0.4, -0.2) is 42.4 Å². The van der Waals surface area contributed by atoms with Crippen molar-refractivity contribution < 1.29 is 19.4 Å². The largest absolute Gasteiger partial charge is 0.488 e. The molecule has 2 aliphatic rings. The number of hydrogen-bond acceptors (Lipinski definition) is 6. The molecule has 0 radical (unpaired) electrons. The molecule has 5 rings (SSSR count). The lowest BCUT2D eigenvalue weighted by Gasteiger charge is -2.32. The number of benzene rings is 2. The Labute approximate surface area is 218 Å². The Kier molecular flexibility index (Phi) is 6.92. The zero-order valence-corrected chi connectivity index (χ0v) is 22.0. The third-order valence-electron chi connectivity index (χ3n) is 7.94. The molecule has 3 heterocycles. The van der Waals surface area contributed by atoms with Crippen molar-refractivity contribution >= 4 is 11.8 Å². The molecule has 0 unspecified atom stereocenters. The van der Waals surface area contributed by atoms with E-state index in [1.54, 1.807) is 14.0 Å². The predicted molar refractivity (Wildman–Crippen MR) is 144 cm³/mol. The highest BCUT2D eigenvalue weighted by Crippen LogP contribution is 2.40. The average molecular weight is 502 g/mol. The van der Waals surface area contributed by atoms with Gasteiger partial charge in [0.15, 0.2) is 0 Å². The van der Waals surface area contributed by atoms with Crippen LogP contribution in [0.1, 0.15) is 41.2 Å². The van der Waals surface area contributed by atoms with Gasteiger partial charge in [-0.05, 0) is 73.2 Å². The first-order valence-corrected chi connectivity index (χ1v) is 12.8. The topological polar surface area (TPSA) is 83.9 Å². The van der Waals surface area contributed by atoms with Gasteiger partial charge in [-0.15, -0.1) is 0 Å². The number of rotatable bonds is 8. The van der Waals surface area contributed by atoms with Crippen LogP contribution < -0.4 is 15.0 Å². The molecule has 1 fully saturated rings. The van der Waals surface area contributed by atoms with E-state index in [1.165, 1.54) is 16.7 Å². The number of nitrogens with zero attached hydrogens (tertiary/aromatic N) is 2. The van der Waals surface area contributed by atoms with Gasteiger partial charge in [-0.2, -0.15) is 0 Å². The van der Waals surface area contributed by atoms with Gasteiger partial charge in [-0.1, -0.05) is 30.3 Å². The number of aromatic nitrogens is 1. The van der Waals surface area contributed by atoms with Gasteiger partial charge >= 0.3 is 5.97 Å². The summed E-state index contributed by atoms with van der Waals surface area (Å²) < 4.78 is 11.9. The van der Waals surface area contributed by atoms with E-state index >= 15 is 0 Å². The zero-order chi connectivity index (χ0) is 26.2. The van der Waals surface area contributed by atoms with Crippen molar-refractivity contribution in [2.24, 2.45) is 5.41 Å². The number of anilines is 1. The summed E-state index contributed by atoms with van der Waals surface area (Å²) in [6.07, 6.45) is 0.538. The molecule has 0 saturated carbocycles. The smallest absolute Gasteiger partial charge is 0.311 e. The van der Waals surface area contributed by atoms with Crippen LogP contribution in [0, 0.1) is 19.3 Å². The molecular weight excluding hydrogens is 466 g/mol. The minimum Gasteiger partial charge on any atom is -0.488 e. The number of carboxylic acid groups (broad SMARTS) is 1. The van der Waals surface area contributed by atoms with Gasteiger partial charge in [0.25, 0.3) is 0 Å². The molecular formula is C30H35N3O4. The highest BCUT2D eigenvalue weighted by Gasteiger charge is 2.50. The molecule has 194 valence electrons. The lowest BCUT2D eigenvalue weighted by Crippen LogP contribution is -2.46. The summed E-state index contributed by atoms with van der Waals surface area (Å²) in [7, 11) is 1.61. The molecule has 1 aromatic heterocycles. The number of ether oxygens (including phenoxy) is 2. The number of hydrogen-bond donors (Lipinski definition) is 2. The van der Waals surface area contributed by atoms with Crippen LogP contribution >= 0.6 is 0 Å². The summed E-state index contributed by atoms with van der Waals surface area (Å²) in [6.45, 7) is 9.25. The van der Waals surface area contributed by atoms with Gasteiger partial charge in [0.05, 0.1) is 23.8 Å². The lowest BCUT2D eigenvalue weighted by atomic mass is 9.83. The van der Waals surface area contributed by atoms with E-state index in [-0.39, 0.29) is 6.04 Å². The molecule has 2 aromatic carbocycles. The molecule has 2 N–H and O–H groups in total. The second-order valence-electron chi connectivity index (χ2n) is 10.4. The maximum atomic E-state index is 12.1. The Bertz CT molecular complexity index is 1320. The number of aliphatic carboxylic acids is 1. The SMILES string of the molecule is COC[C@H]1N(c2cccc(-c3cccc(C)c3OCc3cc(C)c4c(c3)CNC4)n2)CC[C@@]1(C)C(=O)O. The second kappa shape index (κ2) is 10.1. The Morgan fingerprint density at radius 2 is 1.97 bits per heavy atom. The van der Waals surface area contributed by atoms with Gasteiger partial charge in [-0.25, -0.2) is 4.98 Å². The van der Waals surface area contributed by atoms with Crippen LogP contribution in [0.2, 0.25) is 0 Å². The Balaban J connectivity index is 1.44. The summed E-state index contributed by atoms with van der Waals surface area (Å²) in [5.41, 5.74) is 7.07. The number of pyridine rings is 1. The van der Waals surface area contributed by atoms with Crippen LogP contribution in [0.25, 0.3) is 11.3 Å². The maximum Gasteiger partial charge on any atom is 0.311 e. The molecule has 7 heteroatoms. The number of para-hydroxylation sites is 1.